The highest BCUT2D eigenvalue weighted by molar-refractivity contribution is 7.99. The topological polar surface area (TPSA) is 46.6 Å². The van der Waals surface area contributed by atoms with Crippen molar-refractivity contribution >= 4 is 33.1 Å². The van der Waals surface area contributed by atoms with Crippen molar-refractivity contribution in [2.24, 2.45) is 0 Å². The van der Waals surface area contributed by atoms with Crippen LogP contribution >= 0.6 is 23.1 Å². The van der Waals surface area contributed by atoms with Gasteiger partial charge in [0.1, 0.15) is 0 Å². The van der Waals surface area contributed by atoms with Gasteiger partial charge < -0.3 is 4.74 Å². The zero-order chi connectivity index (χ0) is 17.9. The second kappa shape index (κ2) is 8.07. The van der Waals surface area contributed by atoms with Gasteiger partial charge in [0.15, 0.2) is 11.6 Å². The summed E-state index contributed by atoms with van der Waals surface area (Å²) in [6.45, 7) is 2.95. The number of halogens is 1. The van der Waals surface area contributed by atoms with Gasteiger partial charge in [0, 0.05) is 29.0 Å². The van der Waals surface area contributed by atoms with Crippen LogP contribution in [0.3, 0.4) is 0 Å². The summed E-state index contributed by atoms with van der Waals surface area (Å²) in [4.78, 5) is 1.25. The van der Waals surface area contributed by atoms with E-state index in [0.717, 1.165) is 18.2 Å². The maximum absolute atomic E-state index is 14.1. The summed E-state index contributed by atoms with van der Waals surface area (Å²) >= 11 is 3.48. The van der Waals surface area contributed by atoms with Gasteiger partial charge in [0.25, 0.3) is 0 Å². The summed E-state index contributed by atoms with van der Waals surface area (Å²) < 4.78 is 46.4. The monoisotopic (exact) mass is 401 g/mol. The Morgan fingerprint density at radius 2 is 2.16 bits per heavy atom. The molecule has 1 aromatic carbocycles. The molecule has 0 aliphatic carbocycles. The number of benzene rings is 1. The molecule has 1 aromatic heterocycles. The Labute approximate surface area is 156 Å². The molecule has 1 fully saturated rings. The van der Waals surface area contributed by atoms with E-state index in [0.29, 0.717) is 24.9 Å². The Bertz CT molecular complexity index is 809. The molecule has 2 heterocycles. The molecule has 0 amide bonds. The Kier molecular flexibility index (Phi) is 6.04. The van der Waals surface area contributed by atoms with E-state index in [2.05, 4.69) is 6.07 Å². The average Bonchev–Trinajstić information content (AvgIpc) is 3.00. The number of hydrogen-bond donors (Lipinski definition) is 0. The molecule has 0 N–H and O–H groups in total. The van der Waals surface area contributed by atoms with E-state index >= 15 is 0 Å². The van der Waals surface area contributed by atoms with Crippen LogP contribution in [0.25, 0.3) is 0 Å². The molecular weight excluding hydrogens is 381 g/mol. The Morgan fingerprint density at radius 3 is 2.84 bits per heavy atom. The molecule has 0 spiro atoms. The third kappa shape index (κ3) is 4.19. The van der Waals surface area contributed by atoms with Gasteiger partial charge in [-0.3, -0.25) is 0 Å². The standard InChI is InChI=1S/C17H20FNO3S3/c1-2-22-15-6-5-13(12-14(15)18)25(20,21)19-8-7-17(24-11-9-19)16-4-3-10-23-16/h3-6,10,12,17H,2,7-9,11H2,1H3. The summed E-state index contributed by atoms with van der Waals surface area (Å²) in [5.74, 6) is 0.149. The predicted molar refractivity (Wildman–Crippen MR) is 100 cm³/mol. The summed E-state index contributed by atoms with van der Waals surface area (Å²) in [6, 6.07) is 7.96. The molecule has 4 nitrogen and oxygen atoms in total. The van der Waals surface area contributed by atoms with E-state index in [1.807, 2.05) is 11.4 Å². The van der Waals surface area contributed by atoms with Crippen molar-refractivity contribution in [1.29, 1.82) is 0 Å². The molecule has 1 atom stereocenters. The fourth-order valence-electron chi connectivity index (χ4n) is 2.76. The summed E-state index contributed by atoms with van der Waals surface area (Å²) in [6.07, 6.45) is 0.754. The zero-order valence-corrected chi connectivity index (χ0v) is 16.3. The lowest BCUT2D eigenvalue weighted by Gasteiger charge is -2.20. The maximum Gasteiger partial charge on any atom is 0.243 e. The second-order valence-electron chi connectivity index (χ2n) is 5.59. The number of rotatable bonds is 5. The summed E-state index contributed by atoms with van der Waals surface area (Å²) in [7, 11) is -3.70. The minimum atomic E-state index is -3.70. The molecule has 0 bridgehead atoms. The van der Waals surface area contributed by atoms with E-state index < -0.39 is 15.8 Å². The fraction of sp³-hybridized carbons (Fsp3) is 0.412. The minimum absolute atomic E-state index is 0.0203. The van der Waals surface area contributed by atoms with Crippen molar-refractivity contribution in [3.05, 3.63) is 46.4 Å². The number of sulfonamides is 1. The lowest BCUT2D eigenvalue weighted by atomic mass is 10.2. The van der Waals surface area contributed by atoms with Gasteiger partial charge in [-0.05, 0) is 43.0 Å². The smallest absolute Gasteiger partial charge is 0.243 e. The first-order valence-electron chi connectivity index (χ1n) is 8.10. The van der Waals surface area contributed by atoms with Crippen molar-refractivity contribution in [2.75, 3.05) is 25.4 Å². The Hall–Kier alpha value is -1.09. The molecule has 1 saturated heterocycles. The van der Waals surface area contributed by atoms with Crippen molar-refractivity contribution < 1.29 is 17.5 Å². The average molecular weight is 402 g/mol. The van der Waals surface area contributed by atoms with Crippen LogP contribution in [0.4, 0.5) is 4.39 Å². The van der Waals surface area contributed by atoms with Crippen LogP contribution in [-0.4, -0.2) is 38.2 Å². The molecule has 1 aliphatic heterocycles. The number of hydrogen-bond acceptors (Lipinski definition) is 5. The van der Waals surface area contributed by atoms with Crippen LogP contribution in [0.15, 0.2) is 40.6 Å². The number of ether oxygens (including phenoxy) is 1. The van der Waals surface area contributed by atoms with E-state index in [4.69, 9.17) is 4.74 Å². The fourth-order valence-corrected chi connectivity index (χ4v) is 6.58. The third-order valence-electron chi connectivity index (χ3n) is 4.00. The molecule has 0 saturated carbocycles. The second-order valence-corrected chi connectivity index (χ2v) is 9.82. The van der Waals surface area contributed by atoms with E-state index in [1.54, 1.807) is 30.0 Å². The number of thioether (sulfide) groups is 1. The summed E-state index contributed by atoms with van der Waals surface area (Å²) in [5, 5.41) is 2.36. The highest BCUT2D eigenvalue weighted by Gasteiger charge is 2.29. The minimum Gasteiger partial charge on any atom is -0.491 e. The predicted octanol–water partition coefficient (Wildman–Crippen LogP) is 4.15. The number of thiophene rings is 1. The van der Waals surface area contributed by atoms with Gasteiger partial charge >= 0.3 is 0 Å². The van der Waals surface area contributed by atoms with E-state index in [-0.39, 0.29) is 10.6 Å². The highest BCUT2D eigenvalue weighted by atomic mass is 32.2. The van der Waals surface area contributed by atoms with Gasteiger partial charge in [-0.15, -0.1) is 11.3 Å². The van der Waals surface area contributed by atoms with Crippen molar-refractivity contribution in [3.8, 4) is 5.75 Å². The normalized spacial score (nSPS) is 19.5. The lowest BCUT2D eigenvalue weighted by molar-refractivity contribution is 0.321. The van der Waals surface area contributed by atoms with E-state index in [9.17, 15) is 12.8 Å². The number of nitrogens with zero attached hydrogens (tertiary/aromatic N) is 1. The molecular formula is C17H20FNO3S3. The van der Waals surface area contributed by atoms with Crippen molar-refractivity contribution in [3.63, 3.8) is 0 Å². The summed E-state index contributed by atoms with van der Waals surface area (Å²) in [5.41, 5.74) is 0. The molecule has 136 valence electrons. The van der Waals surface area contributed by atoms with Crippen LogP contribution in [-0.2, 0) is 10.0 Å². The zero-order valence-electron chi connectivity index (χ0n) is 13.9. The molecule has 2 aromatic rings. The first kappa shape index (κ1) is 18.7. The van der Waals surface area contributed by atoms with Crippen LogP contribution in [0.5, 0.6) is 5.75 Å². The molecule has 8 heteroatoms. The first-order chi connectivity index (χ1) is 12.0. The van der Waals surface area contributed by atoms with E-state index in [1.165, 1.54) is 21.3 Å². The maximum atomic E-state index is 14.1. The van der Waals surface area contributed by atoms with Crippen LogP contribution in [0.1, 0.15) is 23.5 Å². The van der Waals surface area contributed by atoms with Crippen LogP contribution in [0, 0.1) is 5.82 Å². The van der Waals surface area contributed by atoms with Crippen molar-refractivity contribution in [2.45, 2.75) is 23.5 Å². The SMILES string of the molecule is CCOc1ccc(S(=O)(=O)N2CCSC(c3cccs3)CC2)cc1F. The van der Waals surface area contributed by atoms with Crippen molar-refractivity contribution in [1.82, 2.24) is 4.31 Å². The molecule has 0 radical (unpaired) electrons. The van der Waals surface area contributed by atoms with Gasteiger partial charge in [0.2, 0.25) is 10.0 Å². The quantitative estimate of drug-likeness (QED) is 0.755. The molecule has 1 aliphatic rings. The van der Waals surface area contributed by atoms with Crippen LogP contribution in [0.2, 0.25) is 0 Å². The Morgan fingerprint density at radius 1 is 1.32 bits per heavy atom. The molecule has 25 heavy (non-hydrogen) atoms. The first-order valence-corrected chi connectivity index (χ1v) is 11.5. The van der Waals surface area contributed by atoms with Gasteiger partial charge in [-0.2, -0.15) is 16.1 Å². The molecule has 1 unspecified atom stereocenters. The van der Waals surface area contributed by atoms with Crippen LogP contribution < -0.4 is 4.74 Å². The third-order valence-corrected chi connectivity index (χ3v) is 8.34. The van der Waals surface area contributed by atoms with Gasteiger partial charge in [-0.25, -0.2) is 12.8 Å². The van der Waals surface area contributed by atoms with Gasteiger partial charge in [0.05, 0.1) is 11.5 Å². The Balaban J connectivity index is 1.77. The highest BCUT2D eigenvalue weighted by Crippen LogP contribution is 2.37. The van der Waals surface area contributed by atoms with Gasteiger partial charge in [-0.1, -0.05) is 6.07 Å². The lowest BCUT2D eigenvalue weighted by Crippen LogP contribution is -2.33. The largest absolute Gasteiger partial charge is 0.491 e. The molecule has 3 rings (SSSR count).